The van der Waals surface area contributed by atoms with Crippen LogP contribution in [0.5, 0.6) is 17.2 Å². The Kier molecular flexibility index (Phi) is 5.86. The molecule has 5 heteroatoms. The summed E-state index contributed by atoms with van der Waals surface area (Å²) in [5, 5.41) is 8.84. The zero-order valence-electron chi connectivity index (χ0n) is 13.2. The van der Waals surface area contributed by atoms with E-state index in [0.717, 1.165) is 11.1 Å². The summed E-state index contributed by atoms with van der Waals surface area (Å²) < 4.78 is 16.5. The van der Waals surface area contributed by atoms with Gasteiger partial charge in [0.15, 0.2) is 11.5 Å². The average molecular weight is 316 g/mol. The van der Waals surface area contributed by atoms with Crippen LogP contribution in [0.2, 0.25) is 0 Å². The molecule has 23 heavy (non-hydrogen) atoms. The number of carboxylic acid groups (broad SMARTS) is 1. The van der Waals surface area contributed by atoms with Gasteiger partial charge in [0.05, 0.1) is 14.2 Å². The Balaban J connectivity index is 2.23. The Morgan fingerprint density at radius 3 is 2.30 bits per heavy atom. The van der Waals surface area contributed by atoms with Crippen LogP contribution in [0.4, 0.5) is 0 Å². The van der Waals surface area contributed by atoms with E-state index in [1.165, 1.54) is 0 Å². The highest BCUT2D eigenvalue weighted by Gasteiger charge is 2.14. The number of methoxy groups -OCH3 is 2. The molecular formula is C18H20O5. The lowest BCUT2D eigenvalue weighted by Crippen LogP contribution is -2.02. The van der Waals surface area contributed by atoms with Crippen LogP contribution < -0.4 is 14.2 Å². The predicted molar refractivity (Wildman–Crippen MR) is 86.3 cm³/mol. The maximum Gasteiger partial charge on any atom is 0.303 e. The molecule has 0 aliphatic rings. The molecule has 0 aliphatic carbocycles. The first kappa shape index (κ1) is 16.7. The van der Waals surface area contributed by atoms with Gasteiger partial charge in [0, 0.05) is 6.42 Å². The molecule has 0 radical (unpaired) electrons. The lowest BCUT2D eigenvalue weighted by Gasteiger charge is -2.15. The smallest absolute Gasteiger partial charge is 0.303 e. The molecular weight excluding hydrogens is 296 g/mol. The second kappa shape index (κ2) is 8.08. The highest BCUT2D eigenvalue weighted by Crippen LogP contribution is 2.39. The van der Waals surface area contributed by atoms with Crippen molar-refractivity contribution in [2.24, 2.45) is 0 Å². The molecule has 0 heterocycles. The first-order valence-electron chi connectivity index (χ1n) is 7.27. The van der Waals surface area contributed by atoms with E-state index in [1.54, 1.807) is 26.4 Å². The van der Waals surface area contributed by atoms with Gasteiger partial charge in [-0.15, -0.1) is 0 Å². The quantitative estimate of drug-likeness (QED) is 0.809. The Hall–Kier alpha value is -2.69. The summed E-state index contributed by atoms with van der Waals surface area (Å²) in [5.41, 5.74) is 1.86. The van der Waals surface area contributed by atoms with Crippen LogP contribution in [-0.4, -0.2) is 25.3 Å². The number of benzene rings is 2. The lowest BCUT2D eigenvalue weighted by molar-refractivity contribution is -0.136. The van der Waals surface area contributed by atoms with E-state index in [-0.39, 0.29) is 6.42 Å². The highest BCUT2D eigenvalue weighted by molar-refractivity contribution is 5.67. The van der Waals surface area contributed by atoms with Crippen molar-refractivity contribution in [1.82, 2.24) is 0 Å². The third-order valence-corrected chi connectivity index (χ3v) is 3.37. The summed E-state index contributed by atoms with van der Waals surface area (Å²) in [7, 11) is 3.09. The van der Waals surface area contributed by atoms with E-state index in [2.05, 4.69) is 0 Å². The fourth-order valence-electron chi connectivity index (χ4n) is 2.22. The van der Waals surface area contributed by atoms with E-state index in [9.17, 15) is 4.79 Å². The summed E-state index contributed by atoms with van der Waals surface area (Å²) in [4.78, 5) is 10.8. The maximum absolute atomic E-state index is 10.8. The van der Waals surface area contributed by atoms with Gasteiger partial charge in [-0.3, -0.25) is 4.79 Å². The Labute approximate surface area is 135 Å². The minimum Gasteiger partial charge on any atom is -0.493 e. The minimum atomic E-state index is -0.841. The van der Waals surface area contributed by atoms with Crippen molar-refractivity contribution in [2.75, 3.05) is 14.2 Å². The van der Waals surface area contributed by atoms with Crippen LogP contribution in [0.1, 0.15) is 17.5 Å². The molecule has 2 aromatic carbocycles. The van der Waals surface area contributed by atoms with Gasteiger partial charge in [0.1, 0.15) is 6.61 Å². The molecule has 0 amide bonds. The summed E-state index contributed by atoms with van der Waals surface area (Å²) in [6.45, 7) is 0.392. The Morgan fingerprint density at radius 2 is 1.70 bits per heavy atom. The molecule has 1 N–H and O–H groups in total. The zero-order chi connectivity index (χ0) is 16.7. The molecule has 2 aromatic rings. The van der Waals surface area contributed by atoms with Gasteiger partial charge in [-0.05, 0) is 29.7 Å². The van der Waals surface area contributed by atoms with E-state index in [1.807, 2.05) is 30.3 Å². The number of aliphatic carboxylic acids is 1. The molecule has 0 spiro atoms. The average Bonchev–Trinajstić information content (AvgIpc) is 2.58. The molecule has 0 bridgehead atoms. The number of ether oxygens (including phenoxy) is 3. The third-order valence-electron chi connectivity index (χ3n) is 3.37. The highest BCUT2D eigenvalue weighted by atomic mass is 16.5. The molecule has 0 atom stereocenters. The first-order valence-corrected chi connectivity index (χ1v) is 7.27. The standard InChI is InChI=1S/C18H20O5/c1-21-15-10-14(8-9-17(19)20)11-16(18(15)22-2)23-12-13-6-4-3-5-7-13/h3-7,10-11H,8-9,12H2,1-2H3,(H,19,20). The first-order chi connectivity index (χ1) is 11.1. The Morgan fingerprint density at radius 1 is 1.00 bits per heavy atom. The molecule has 0 saturated heterocycles. The van der Waals surface area contributed by atoms with Crippen molar-refractivity contribution in [3.8, 4) is 17.2 Å². The lowest BCUT2D eigenvalue weighted by atomic mass is 10.1. The summed E-state index contributed by atoms with van der Waals surface area (Å²) in [5.74, 6) is 0.726. The largest absolute Gasteiger partial charge is 0.493 e. The van der Waals surface area contributed by atoms with Gasteiger partial charge in [-0.1, -0.05) is 30.3 Å². The number of hydrogen-bond donors (Lipinski definition) is 1. The second-order valence-corrected chi connectivity index (χ2v) is 5.00. The summed E-state index contributed by atoms with van der Waals surface area (Å²) >= 11 is 0. The molecule has 0 aromatic heterocycles. The van der Waals surface area contributed by atoms with Crippen LogP contribution >= 0.6 is 0 Å². The van der Waals surface area contributed by atoms with E-state index >= 15 is 0 Å². The van der Waals surface area contributed by atoms with Gasteiger partial charge in [0.2, 0.25) is 5.75 Å². The van der Waals surface area contributed by atoms with Crippen LogP contribution in [0.15, 0.2) is 42.5 Å². The Bertz CT molecular complexity index is 652. The van der Waals surface area contributed by atoms with E-state index < -0.39 is 5.97 Å². The van der Waals surface area contributed by atoms with Crippen molar-refractivity contribution in [1.29, 1.82) is 0 Å². The van der Waals surface area contributed by atoms with Crippen LogP contribution in [-0.2, 0) is 17.8 Å². The van der Waals surface area contributed by atoms with Crippen molar-refractivity contribution >= 4 is 5.97 Å². The van der Waals surface area contributed by atoms with Gasteiger partial charge in [-0.2, -0.15) is 0 Å². The van der Waals surface area contributed by atoms with Gasteiger partial charge < -0.3 is 19.3 Å². The van der Waals surface area contributed by atoms with E-state index in [4.69, 9.17) is 19.3 Å². The minimum absolute atomic E-state index is 0.0492. The van der Waals surface area contributed by atoms with Gasteiger partial charge in [-0.25, -0.2) is 0 Å². The molecule has 0 aliphatic heterocycles. The second-order valence-electron chi connectivity index (χ2n) is 5.00. The van der Waals surface area contributed by atoms with E-state index in [0.29, 0.717) is 30.3 Å². The zero-order valence-corrected chi connectivity index (χ0v) is 13.2. The fourth-order valence-corrected chi connectivity index (χ4v) is 2.22. The SMILES string of the molecule is COc1cc(CCC(=O)O)cc(OCc2ccccc2)c1OC. The number of hydrogen-bond acceptors (Lipinski definition) is 4. The molecule has 0 fully saturated rings. The molecule has 0 saturated carbocycles. The number of carboxylic acids is 1. The molecule has 122 valence electrons. The topological polar surface area (TPSA) is 65.0 Å². The monoisotopic (exact) mass is 316 g/mol. The maximum atomic E-state index is 10.8. The molecule has 2 rings (SSSR count). The number of aryl methyl sites for hydroxylation is 1. The van der Waals surface area contributed by atoms with Crippen molar-refractivity contribution < 1.29 is 24.1 Å². The van der Waals surface area contributed by atoms with Crippen LogP contribution in [0, 0.1) is 0 Å². The van der Waals surface area contributed by atoms with Crippen LogP contribution in [0.3, 0.4) is 0 Å². The van der Waals surface area contributed by atoms with Crippen molar-refractivity contribution in [3.05, 3.63) is 53.6 Å². The predicted octanol–water partition coefficient (Wildman–Crippen LogP) is 3.30. The van der Waals surface area contributed by atoms with Crippen molar-refractivity contribution in [3.63, 3.8) is 0 Å². The fraction of sp³-hybridized carbons (Fsp3) is 0.278. The van der Waals surface area contributed by atoms with Crippen LogP contribution in [0.25, 0.3) is 0 Å². The number of carbonyl (C=O) groups is 1. The molecule has 0 unspecified atom stereocenters. The normalized spacial score (nSPS) is 10.2. The molecule has 5 nitrogen and oxygen atoms in total. The summed E-state index contributed by atoms with van der Waals surface area (Å²) in [6.07, 6.45) is 0.449. The summed E-state index contributed by atoms with van der Waals surface area (Å²) in [6, 6.07) is 13.3. The third kappa shape index (κ3) is 4.64. The number of rotatable bonds is 8. The van der Waals surface area contributed by atoms with Gasteiger partial charge in [0.25, 0.3) is 0 Å². The van der Waals surface area contributed by atoms with Crippen molar-refractivity contribution in [2.45, 2.75) is 19.4 Å². The van der Waals surface area contributed by atoms with Gasteiger partial charge >= 0.3 is 5.97 Å².